The van der Waals surface area contributed by atoms with Gasteiger partial charge in [0.2, 0.25) is 0 Å². The summed E-state index contributed by atoms with van der Waals surface area (Å²) in [6, 6.07) is 8.81. The molecule has 0 unspecified atom stereocenters. The van der Waals surface area contributed by atoms with Crippen LogP contribution >= 0.6 is 0 Å². The Morgan fingerprint density at radius 2 is 1.20 bits per heavy atom. The van der Waals surface area contributed by atoms with E-state index in [0.717, 1.165) is 0 Å². The van der Waals surface area contributed by atoms with E-state index in [1.165, 1.54) is 76.2 Å². The maximum atomic E-state index is 2.29. The minimum Gasteiger partial charge on any atom is -0.344 e. The molecular weight excluding hydrogens is 242 g/mol. The first-order valence-corrected chi connectivity index (χ1v) is 8.39. The van der Waals surface area contributed by atoms with Crippen LogP contribution in [0.1, 0.15) is 82.3 Å². The van der Waals surface area contributed by atoms with E-state index >= 15 is 0 Å². The third kappa shape index (κ3) is 9.14. The summed E-state index contributed by atoms with van der Waals surface area (Å²) in [6.45, 7) is 4.51. The minimum atomic E-state index is 0. The molecule has 20 heavy (non-hydrogen) atoms. The summed E-state index contributed by atoms with van der Waals surface area (Å²) in [5, 5.41) is 0. The van der Waals surface area contributed by atoms with E-state index < -0.39 is 0 Å². The Hall–Kier alpha value is -0.820. The third-order valence-corrected chi connectivity index (χ3v) is 4.06. The van der Waals surface area contributed by atoms with Crippen LogP contribution in [0.25, 0.3) is 0 Å². The highest BCUT2D eigenvalue weighted by atomic mass is 14.0. The molecule has 0 aliphatic heterocycles. The summed E-state index contributed by atoms with van der Waals surface area (Å²) < 4.78 is 0. The molecular formula is C19H35N. The van der Waals surface area contributed by atoms with Crippen molar-refractivity contribution in [2.75, 3.05) is 0 Å². The van der Waals surface area contributed by atoms with Gasteiger partial charge in [0, 0.05) is 0 Å². The SMILES string of the molecule is CCCCCCCCCCCCc1ccccc1C.N. The van der Waals surface area contributed by atoms with Gasteiger partial charge in [0.1, 0.15) is 0 Å². The fraction of sp³-hybridized carbons (Fsp3) is 0.684. The number of hydrogen-bond acceptors (Lipinski definition) is 1. The molecule has 0 aliphatic carbocycles. The molecule has 1 nitrogen and oxygen atoms in total. The van der Waals surface area contributed by atoms with Crippen molar-refractivity contribution in [1.82, 2.24) is 6.15 Å². The molecule has 0 radical (unpaired) electrons. The molecule has 116 valence electrons. The molecule has 0 aromatic heterocycles. The number of aryl methyl sites for hydroxylation is 2. The molecule has 3 N–H and O–H groups in total. The molecule has 1 rings (SSSR count). The van der Waals surface area contributed by atoms with Gasteiger partial charge >= 0.3 is 0 Å². The molecule has 0 heterocycles. The fourth-order valence-corrected chi connectivity index (χ4v) is 2.69. The molecule has 0 saturated heterocycles. The number of unbranched alkanes of at least 4 members (excludes halogenated alkanes) is 9. The molecule has 0 amide bonds. The van der Waals surface area contributed by atoms with E-state index in [-0.39, 0.29) is 6.15 Å². The fourth-order valence-electron chi connectivity index (χ4n) is 2.69. The summed E-state index contributed by atoms with van der Waals surface area (Å²) in [7, 11) is 0. The minimum absolute atomic E-state index is 0. The van der Waals surface area contributed by atoms with Gasteiger partial charge in [0.15, 0.2) is 0 Å². The molecule has 0 saturated carbocycles. The van der Waals surface area contributed by atoms with Crippen molar-refractivity contribution in [3.05, 3.63) is 35.4 Å². The van der Waals surface area contributed by atoms with E-state index in [2.05, 4.69) is 38.1 Å². The van der Waals surface area contributed by atoms with Crippen LogP contribution in [0.2, 0.25) is 0 Å². The van der Waals surface area contributed by atoms with Gasteiger partial charge in [-0.05, 0) is 30.9 Å². The highest BCUT2D eigenvalue weighted by molar-refractivity contribution is 5.25. The van der Waals surface area contributed by atoms with Gasteiger partial charge < -0.3 is 6.15 Å². The van der Waals surface area contributed by atoms with Gasteiger partial charge in [-0.15, -0.1) is 0 Å². The Kier molecular flexibility index (Phi) is 12.6. The van der Waals surface area contributed by atoms with Gasteiger partial charge in [-0.1, -0.05) is 89.0 Å². The van der Waals surface area contributed by atoms with E-state index in [1.54, 1.807) is 5.56 Å². The molecule has 0 atom stereocenters. The number of rotatable bonds is 11. The number of hydrogen-bond donors (Lipinski definition) is 1. The maximum absolute atomic E-state index is 2.29. The quantitative estimate of drug-likeness (QED) is 0.453. The molecule has 1 heteroatoms. The van der Waals surface area contributed by atoms with Crippen LogP contribution in [-0.2, 0) is 6.42 Å². The summed E-state index contributed by atoms with van der Waals surface area (Å²) >= 11 is 0. The Morgan fingerprint density at radius 3 is 1.75 bits per heavy atom. The van der Waals surface area contributed by atoms with Crippen LogP contribution in [0.15, 0.2) is 24.3 Å². The monoisotopic (exact) mass is 277 g/mol. The third-order valence-electron chi connectivity index (χ3n) is 4.06. The summed E-state index contributed by atoms with van der Waals surface area (Å²) in [5.41, 5.74) is 3.00. The normalized spacial score (nSPS) is 10.3. The second-order valence-corrected chi connectivity index (χ2v) is 5.86. The molecule has 0 aliphatic rings. The van der Waals surface area contributed by atoms with Crippen LogP contribution in [0.4, 0.5) is 0 Å². The molecule has 0 bridgehead atoms. The highest BCUT2D eigenvalue weighted by Crippen LogP contribution is 2.14. The van der Waals surface area contributed by atoms with Gasteiger partial charge in [-0.25, -0.2) is 0 Å². The predicted octanol–water partition coefficient (Wildman–Crippen LogP) is 6.62. The molecule has 1 aromatic rings. The predicted molar refractivity (Wildman–Crippen MR) is 91.7 cm³/mol. The lowest BCUT2D eigenvalue weighted by Crippen LogP contribution is -1.89. The largest absolute Gasteiger partial charge is 0.344 e. The molecule has 0 spiro atoms. The second kappa shape index (κ2) is 13.2. The van der Waals surface area contributed by atoms with Gasteiger partial charge in [-0.2, -0.15) is 0 Å². The van der Waals surface area contributed by atoms with Crippen molar-refractivity contribution in [1.29, 1.82) is 0 Å². The first-order valence-electron chi connectivity index (χ1n) is 8.39. The zero-order chi connectivity index (χ0) is 13.8. The molecule has 0 fully saturated rings. The zero-order valence-electron chi connectivity index (χ0n) is 13.8. The smallest absolute Gasteiger partial charge is 0.0276 e. The van der Waals surface area contributed by atoms with Gasteiger partial charge in [0.25, 0.3) is 0 Å². The first-order chi connectivity index (χ1) is 9.34. The van der Waals surface area contributed by atoms with Crippen LogP contribution < -0.4 is 6.15 Å². The van der Waals surface area contributed by atoms with Crippen LogP contribution in [-0.4, -0.2) is 0 Å². The average Bonchev–Trinajstić information content (AvgIpc) is 2.43. The standard InChI is InChI=1S/C19H32.H3N/c1-3-4-5-6-7-8-9-10-11-12-16-19-17-14-13-15-18(19)2;/h13-15,17H,3-12,16H2,1-2H3;1H3. The lowest BCUT2D eigenvalue weighted by atomic mass is 10.0. The molecule has 1 aromatic carbocycles. The summed E-state index contributed by atoms with van der Waals surface area (Å²) in [4.78, 5) is 0. The first kappa shape index (κ1) is 19.2. The summed E-state index contributed by atoms with van der Waals surface area (Å²) in [6.07, 6.45) is 15.5. The Labute approximate surface area is 126 Å². The zero-order valence-corrected chi connectivity index (χ0v) is 13.8. The Balaban J connectivity index is 0.00000361. The summed E-state index contributed by atoms with van der Waals surface area (Å²) in [5.74, 6) is 0. The average molecular weight is 277 g/mol. The van der Waals surface area contributed by atoms with Gasteiger partial charge in [0.05, 0.1) is 0 Å². The van der Waals surface area contributed by atoms with E-state index in [9.17, 15) is 0 Å². The van der Waals surface area contributed by atoms with Crippen LogP contribution in [0.3, 0.4) is 0 Å². The van der Waals surface area contributed by atoms with Crippen molar-refractivity contribution in [2.24, 2.45) is 0 Å². The topological polar surface area (TPSA) is 35.0 Å². The van der Waals surface area contributed by atoms with E-state index in [4.69, 9.17) is 0 Å². The van der Waals surface area contributed by atoms with E-state index in [1.807, 2.05) is 0 Å². The van der Waals surface area contributed by atoms with Crippen molar-refractivity contribution in [3.8, 4) is 0 Å². The lowest BCUT2D eigenvalue weighted by Gasteiger charge is -2.05. The lowest BCUT2D eigenvalue weighted by molar-refractivity contribution is 0.556. The Morgan fingerprint density at radius 1 is 0.700 bits per heavy atom. The van der Waals surface area contributed by atoms with Gasteiger partial charge in [-0.3, -0.25) is 0 Å². The van der Waals surface area contributed by atoms with Crippen LogP contribution in [0, 0.1) is 6.92 Å². The van der Waals surface area contributed by atoms with E-state index in [0.29, 0.717) is 0 Å². The second-order valence-electron chi connectivity index (χ2n) is 5.86. The van der Waals surface area contributed by atoms with Crippen molar-refractivity contribution >= 4 is 0 Å². The van der Waals surface area contributed by atoms with Crippen molar-refractivity contribution in [2.45, 2.75) is 84.5 Å². The number of benzene rings is 1. The Bertz CT molecular complexity index is 319. The van der Waals surface area contributed by atoms with Crippen LogP contribution in [0.5, 0.6) is 0 Å². The maximum Gasteiger partial charge on any atom is -0.0276 e. The van der Waals surface area contributed by atoms with Crippen molar-refractivity contribution < 1.29 is 0 Å². The van der Waals surface area contributed by atoms with Crippen molar-refractivity contribution in [3.63, 3.8) is 0 Å². The highest BCUT2D eigenvalue weighted by Gasteiger charge is 1.97.